The monoisotopic (exact) mass is 320 g/mol. The van der Waals surface area contributed by atoms with Crippen molar-refractivity contribution in [2.24, 2.45) is 0 Å². The van der Waals surface area contributed by atoms with E-state index >= 15 is 0 Å². The molecule has 0 aromatic rings. The van der Waals surface area contributed by atoms with Crippen molar-refractivity contribution in [3.05, 3.63) is 0 Å². The fourth-order valence-corrected chi connectivity index (χ4v) is 4.11. The minimum Gasteiger partial charge on any atom is -0.317 e. The molecule has 0 unspecified atom stereocenters. The van der Waals surface area contributed by atoms with Crippen molar-refractivity contribution in [2.45, 2.75) is 39.2 Å². The molecule has 0 atom stereocenters. The number of nitrogens with one attached hydrogen (secondary N) is 1. The first-order valence-corrected chi connectivity index (χ1v) is 9.45. The van der Waals surface area contributed by atoms with Gasteiger partial charge in [0.25, 0.3) is 10.2 Å². The molecule has 1 saturated heterocycles. The van der Waals surface area contributed by atoms with Crippen LogP contribution in [-0.2, 0) is 10.2 Å². The van der Waals surface area contributed by atoms with Crippen LogP contribution >= 0.6 is 0 Å². The highest BCUT2D eigenvalue weighted by molar-refractivity contribution is 7.86. The lowest BCUT2D eigenvalue weighted by molar-refractivity contribution is 0.172. The fourth-order valence-electron chi connectivity index (χ4n) is 2.73. The summed E-state index contributed by atoms with van der Waals surface area (Å²) in [5, 5.41) is 3.22. The van der Waals surface area contributed by atoms with Gasteiger partial charge in [-0.3, -0.25) is 0 Å². The number of hydrogen-bond acceptors (Lipinski definition) is 4. The minimum atomic E-state index is -3.33. The fraction of sp³-hybridized carbons (Fsp3) is 1.00. The van der Waals surface area contributed by atoms with Crippen LogP contribution in [-0.4, -0.2) is 81.3 Å². The molecule has 0 radical (unpaired) electrons. The molecule has 0 spiro atoms. The average Bonchev–Trinajstić information content (AvgIpc) is 2.50. The predicted octanol–water partition coefficient (Wildman–Crippen LogP) is 0.579. The van der Waals surface area contributed by atoms with E-state index in [4.69, 9.17) is 0 Å². The zero-order valence-electron chi connectivity index (χ0n) is 14.0. The maximum absolute atomic E-state index is 12.6. The summed E-state index contributed by atoms with van der Waals surface area (Å²) in [5.74, 6) is 0. The van der Waals surface area contributed by atoms with Gasteiger partial charge in [0.1, 0.15) is 0 Å². The van der Waals surface area contributed by atoms with Crippen molar-refractivity contribution < 1.29 is 8.42 Å². The second-order valence-corrected chi connectivity index (χ2v) is 7.81. The summed E-state index contributed by atoms with van der Waals surface area (Å²) in [6, 6.07) is 0.133. The van der Waals surface area contributed by atoms with Gasteiger partial charge in [0.15, 0.2) is 0 Å². The molecule has 1 fully saturated rings. The number of piperidine rings is 1. The van der Waals surface area contributed by atoms with Gasteiger partial charge in [0, 0.05) is 26.7 Å². The van der Waals surface area contributed by atoms with Crippen LogP contribution < -0.4 is 5.32 Å². The molecule has 126 valence electrons. The summed E-state index contributed by atoms with van der Waals surface area (Å²) >= 11 is 0. The molecule has 0 aliphatic carbocycles. The topological polar surface area (TPSA) is 55.9 Å². The smallest absolute Gasteiger partial charge is 0.281 e. The quantitative estimate of drug-likeness (QED) is 0.632. The summed E-state index contributed by atoms with van der Waals surface area (Å²) in [6.07, 6.45) is 2.69. The highest BCUT2D eigenvalue weighted by atomic mass is 32.2. The lowest BCUT2D eigenvalue weighted by Gasteiger charge is -2.37. The van der Waals surface area contributed by atoms with Crippen LogP contribution in [0.15, 0.2) is 0 Å². The van der Waals surface area contributed by atoms with E-state index in [2.05, 4.69) is 24.1 Å². The molecule has 0 bridgehead atoms. The van der Waals surface area contributed by atoms with Crippen LogP contribution in [0, 0.1) is 0 Å². The Labute approximate surface area is 130 Å². The molecule has 1 aliphatic rings. The first kappa shape index (κ1) is 18.8. The number of nitrogens with zero attached hydrogens (tertiary/aromatic N) is 3. The van der Waals surface area contributed by atoms with Crippen LogP contribution in [0.4, 0.5) is 0 Å². The maximum atomic E-state index is 12.6. The molecule has 6 nitrogen and oxygen atoms in total. The van der Waals surface area contributed by atoms with Crippen LogP contribution in [0.3, 0.4) is 0 Å². The largest absolute Gasteiger partial charge is 0.317 e. The third kappa shape index (κ3) is 5.49. The minimum absolute atomic E-state index is 0.133. The van der Waals surface area contributed by atoms with Crippen molar-refractivity contribution in [3.8, 4) is 0 Å². The Morgan fingerprint density at radius 2 is 1.81 bits per heavy atom. The van der Waals surface area contributed by atoms with E-state index in [9.17, 15) is 8.42 Å². The second kappa shape index (κ2) is 9.05. The Kier molecular flexibility index (Phi) is 8.12. The van der Waals surface area contributed by atoms with Gasteiger partial charge in [-0.2, -0.15) is 17.0 Å². The summed E-state index contributed by atoms with van der Waals surface area (Å²) in [7, 11) is 0.0745. The van der Waals surface area contributed by atoms with E-state index in [0.29, 0.717) is 6.54 Å². The predicted molar refractivity (Wildman–Crippen MR) is 87.6 cm³/mol. The van der Waals surface area contributed by atoms with Gasteiger partial charge in [0.2, 0.25) is 0 Å². The molecule has 0 aromatic heterocycles. The third-order valence-corrected chi connectivity index (χ3v) is 6.35. The molecule has 7 heteroatoms. The summed E-state index contributed by atoms with van der Waals surface area (Å²) in [6.45, 7) is 9.58. The van der Waals surface area contributed by atoms with E-state index in [1.165, 1.54) is 4.31 Å². The summed E-state index contributed by atoms with van der Waals surface area (Å²) in [5.41, 5.74) is 0. The number of rotatable bonds is 9. The van der Waals surface area contributed by atoms with E-state index < -0.39 is 10.2 Å². The SMILES string of the molecule is CCNCCCN(C)S(=O)(=O)N(C)C1CCN(CC)CC1. The average molecular weight is 321 g/mol. The zero-order chi connectivity index (χ0) is 15.9. The first-order valence-electron chi connectivity index (χ1n) is 8.05. The standard InChI is InChI=1S/C14H32N4O2S/c1-5-15-10-7-11-16(3)21(19,20)17(4)14-8-12-18(6-2)13-9-14/h14-15H,5-13H2,1-4H3. The van der Waals surface area contributed by atoms with Gasteiger partial charge in [-0.1, -0.05) is 13.8 Å². The van der Waals surface area contributed by atoms with Crippen molar-refractivity contribution in [3.63, 3.8) is 0 Å². The third-order valence-electron chi connectivity index (χ3n) is 4.35. The Morgan fingerprint density at radius 1 is 1.19 bits per heavy atom. The molecule has 1 heterocycles. The van der Waals surface area contributed by atoms with Crippen molar-refractivity contribution >= 4 is 10.2 Å². The molecule has 1 rings (SSSR count). The molecule has 0 amide bonds. The Balaban J connectivity index is 2.48. The summed E-state index contributed by atoms with van der Waals surface area (Å²) < 4.78 is 28.2. The van der Waals surface area contributed by atoms with Crippen LogP contribution in [0.25, 0.3) is 0 Å². The van der Waals surface area contributed by atoms with Crippen LogP contribution in [0.1, 0.15) is 33.1 Å². The molecule has 1 N–H and O–H groups in total. The normalized spacial score (nSPS) is 18.8. The maximum Gasteiger partial charge on any atom is 0.281 e. The van der Waals surface area contributed by atoms with E-state index in [1.54, 1.807) is 18.4 Å². The van der Waals surface area contributed by atoms with Gasteiger partial charge < -0.3 is 10.2 Å². The highest BCUT2D eigenvalue weighted by Crippen LogP contribution is 2.19. The van der Waals surface area contributed by atoms with Crippen LogP contribution in [0.2, 0.25) is 0 Å². The molecule has 1 aliphatic heterocycles. The lowest BCUT2D eigenvalue weighted by atomic mass is 10.1. The highest BCUT2D eigenvalue weighted by Gasteiger charge is 2.31. The number of hydrogen-bond donors (Lipinski definition) is 1. The van der Waals surface area contributed by atoms with Crippen molar-refractivity contribution in [1.82, 2.24) is 18.8 Å². The van der Waals surface area contributed by atoms with E-state index in [-0.39, 0.29) is 6.04 Å². The molecular formula is C14H32N4O2S. The van der Waals surface area contributed by atoms with Gasteiger partial charge in [0.05, 0.1) is 0 Å². The Bertz CT molecular complexity index is 380. The molecule has 21 heavy (non-hydrogen) atoms. The van der Waals surface area contributed by atoms with Gasteiger partial charge in [-0.05, 0) is 52.0 Å². The second-order valence-electron chi connectivity index (χ2n) is 5.72. The Morgan fingerprint density at radius 3 is 2.33 bits per heavy atom. The first-order chi connectivity index (χ1) is 9.93. The molecule has 0 saturated carbocycles. The van der Waals surface area contributed by atoms with Crippen molar-refractivity contribution in [1.29, 1.82) is 0 Å². The zero-order valence-corrected chi connectivity index (χ0v) is 14.8. The lowest BCUT2D eigenvalue weighted by Crippen LogP contribution is -2.49. The van der Waals surface area contributed by atoms with E-state index in [1.807, 2.05) is 0 Å². The van der Waals surface area contributed by atoms with Crippen LogP contribution in [0.5, 0.6) is 0 Å². The van der Waals surface area contributed by atoms with Gasteiger partial charge >= 0.3 is 0 Å². The number of likely N-dealkylation sites (tertiary alicyclic amines) is 1. The van der Waals surface area contributed by atoms with Crippen molar-refractivity contribution in [2.75, 3.05) is 53.4 Å². The van der Waals surface area contributed by atoms with Gasteiger partial charge in [-0.15, -0.1) is 0 Å². The summed E-state index contributed by atoms with van der Waals surface area (Å²) in [4.78, 5) is 2.37. The van der Waals surface area contributed by atoms with E-state index in [0.717, 1.165) is 52.0 Å². The van der Waals surface area contributed by atoms with Gasteiger partial charge in [-0.25, -0.2) is 0 Å². The Hall–Kier alpha value is -0.210. The molecule has 0 aromatic carbocycles. The molecular weight excluding hydrogens is 288 g/mol.